The minimum Gasteiger partial charge on any atom is -0.370 e. The highest BCUT2D eigenvalue weighted by Gasteiger charge is 2.28. The second-order valence-electron chi connectivity index (χ2n) is 7.07. The fourth-order valence-electron chi connectivity index (χ4n) is 3.06. The lowest BCUT2D eigenvalue weighted by molar-refractivity contribution is 0.113. The highest BCUT2D eigenvalue weighted by molar-refractivity contribution is 5.78. The van der Waals surface area contributed by atoms with Gasteiger partial charge in [-0.05, 0) is 50.6 Å². The van der Waals surface area contributed by atoms with Gasteiger partial charge in [-0.2, -0.15) is 0 Å². The van der Waals surface area contributed by atoms with Crippen LogP contribution in [0, 0.1) is 11.8 Å². The van der Waals surface area contributed by atoms with Gasteiger partial charge < -0.3 is 10.6 Å². The number of nitrogens with two attached hydrogens (primary N) is 1. The van der Waals surface area contributed by atoms with Crippen molar-refractivity contribution in [1.82, 2.24) is 9.80 Å². The second-order valence-corrected chi connectivity index (χ2v) is 7.07. The molecule has 0 spiro atoms. The van der Waals surface area contributed by atoms with E-state index >= 15 is 0 Å². The summed E-state index contributed by atoms with van der Waals surface area (Å²) in [4.78, 5) is 9.45. The molecule has 1 heterocycles. The molecule has 1 atom stereocenters. The molecule has 1 aliphatic heterocycles. The summed E-state index contributed by atoms with van der Waals surface area (Å²) in [6, 6.07) is 1.18. The maximum absolute atomic E-state index is 6.12. The number of guanidine groups is 1. The molecule has 116 valence electrons. The van der Waals surface area contributed by atoms with Crippen molar-refractivity contribution in [3.63, 3.8) is 0 Å². The first-order valence-corrected chi connectivity index (χ1v) is 8.25. The summed E-state index contributed by atoms with van der Waals surface area (Å²) >= 11 is 0. The van der Waals surface area contributed by atoms with Crippen molar-refractivity contribution in [2.24, 2.45) is 22.6 Å². The zero-order chi connectivity index (χ0) is 14.7. The fraction of sp³-hybridized carbons (Fsp3) is 0.938. The highest BCUT2D eigenvalue weighted by Crippen LogP contribution is 2.25. The Kier molecular flexibility index (Phi) is 5.30. The maximum atomic E-state index is 6.12. The van der Waals surface area contributed by atoms with Gasteiger partial charge in [-0.15, -0.1) is 0 Å². The monoisotopic (exact) mass is 280 g/mol. The Hall–Kier alpha value is -0.770. The third-order valence-electron chi connectivity index (χ3n) is 4.95. The van der Waals surface area contributed by atoms with Crippen molar-refractivity contribution in [1.29, 1.82) is 0 Å². The summed E-state index contributed by atoms with van der Waals surface area (Å²) in [6.45, 7) is 10.3. The first kappa shape index (κ1) is 15.6. The van der Waals surface area contributed by atoms with E-state index in [4.69, 9.17) is 5.73 Å². The van der Waals surface area contributed by atoms with Gasteiger partial charge in [0.1, 0.15) is 0 Å². The Morgan fingerprint density at radius 2 is 1.85 bits per heavy atom. The van der Waals surface area contributed by atoms with Crippen LogP contribution in [0.3, 0.4) is 0 Å². The molecular formula is C16H32N4. The number of nitrogens with zero attached hydrogens (tertiary/aromatic N) is 3. The van der Waals surface area contributed by atoms with Gasteiger partial charge in [0.2, 0.25) is 0 Å². The van der Waals surface area contributed by atoms with Crippen LogP contribution in [0.4, 0.5) is 0 Å². The number of hydrogen-bond donors (Lipinski definition) is 1. The summed E-state index contributed by atoms with van der Waals surface area (Å²) in [7, 11) is 2.07. The minimum atomic E-state index is 0.536. The maximum Gasteiger partial charge on any atom is 0.191 e. The average molecular weight is 280 g/mol. The van der Waals surface area contributed by atoms with Gasteiger partial charge in [-0.25, -0.2) is 0 Å². The lowest BCUT2D eigenvalue weighted by Crippen LogP contribution is -2.46. The third kappa shape index (κ3) is 4.11. The Morgan fingerprint density at radius 3 is 2.35 bits per heavy atom. The molecule has 1 aliphatic carbocycles. The Morgan fingerprint density at radius 1 is 1.25 bits per heavy atom. The number of likely N-dealkylation sites (tertiary alicyclic amines) is 1. The first-order chi connectivity index (χ1) is 9.49. The van der Waals surface area contributed by atoms with Crippen LogP contribution < -0.4 is 5.73 Å². The van der Waals surface area contributed by atoms with E-state index in [-0.39, 0.29) is 0 Å². The van der Waals surface area contributed by atoms with E-state index in [0.29, 0.717) is 18.0 Å². The van der Waals surface area contributed by atoms with Gasteiger partial charge in [-0.3, -0.25) is 9.89 Å². The van der Waals surface area contributed by atoms with Gasteiger partial charge in [0.25, 0.3) is 0 Å². The molecule has 0 bridgehead atoms. The largest absolute Gasteiger partial charge is 0.370 e. The molecule has 2 aliphatic rings. The summed E-state index contributed by atoms with van der Waals surface area (Å²) in [5.74, 6) is 2.24. The van der Waals surface area contributed by atoms with E-state index in [1.807, 2.05) is 0 Å². The molecule has 4 nitrogen and oxygen atoms in total. The van der Waals surface area contributed by atoms with Gasteiger partial charge in [0.05, 0.1) is 6.54 Å². The van der Waals surface area contributed by atoms with Crippen LogP contribution in [0.5, 0.6) is 0 Å². The molecule has 0 aromatic heterocycles. The van der Waals surface area contributed by atoms with Crippen LogP contribution in [0.1, 0.15) is 46.5 Å². The van der Waals surface area contributed by atoms with Crippen LogP contribution in [0.15, 0.2) is 4.99 Å². The van der Waals surface area contributed by atoms with Crippen LogP contribution in [-0.4, -0.2) is 54.5 Å². The van der Waals surface area contributed by atoms with E-state index in [0.717, 1.165) is 18.4 Å². The topological polar surface area (TPSA) is 44.9 Å². The molecule has 0 amide bonds. The van der Waals surface area contributed by atoms with Crippen LogP contribution in [0.25, 0.3) is 0 Å². The zero-order valence-corrected chi connectivity index (χ0v) is 13.7. The predicted molar refractivity (Wildman–Crippen MR) is 85.9 cm³/mol. The molecule has 2 N–H and O–H groups in total. The number of hydrogen-bond acceptors (Lipinski definition) is 2. The van der Waals surface area contributed by atoms with Crippen molar-refractivity contribution in [2.75, 3.05) is 26.7 Å². The SMILES string of the molecule is CC1CCN(C(CN=C(N)N(C)C2CC2)C(C)C)CC1. The average Bonchev–Trinajstić information content (AvgIpc) is 3.24. The molecule has 1 saturated heterocycles. The molecule has 1 unspecified atom stereocenters. The molecule has 0 aromatic rings. The standard InChI is InChI=1S/C16H32N4/c1-12(2)15(20-9-7-13(3)8-10-20)11-18-16(17)19(4)14-5-6-14/h12-15H,5-11H2,1-4H3,(H2,17,18). The lowest BCUT2D eigenvalue weighted by Gasteiger charge is -2.38. The predicted octanol–water partition coefficient (Wildman–Crippen LogP) is 2.15. The van der Waals surface area contributed by atoms with Gasteiger partial charge in [0, 0.05) is 19.1 Å². The molecule has 0 aromatic carbocycles. The summed E-state index contributed by atoms with van der Waals surface area (Å²) < 4.78 is 0. The molecule has 0 radical (unpaired) electrons. The fourth-order valence-corrected chi connectivity index (χ4v) is 3.06. The van der Waals surface area contributed by atoms with Gasteiger partial charge >= 0.3 is 0 Å². The Bertz CT molecular complexity index is 327. The van der Waals surface area contributed by atoms with Crippen molar-refractivity contribution < 1.29 is 0 Å². The molecular weight excluding hydrogens is 248 g/mol. The smallest absolute Gasteiger partial charge is 0.191 e. The molecule has 4 heteroatoms. The number of aliphatic imine (C=N–C) groups is 1. The second kappa shape index (κ2) is 6.79. The first-order valence-electron chi connectivity index (χ1n) is 8.25. The molecule has 2 fully saturated rings. The Labute approximate surface area is 124 Å². The molecule has 2 rings (SSSR count). The summed E-state index contributed by atoms with van der Waals surface area (Å²) in [5.41, 5.74) is 6.12. The van der Waals surface area contributed by atoms with E-state index < -0.39 is 0 Å². The van der Waals surface area contributed by atoms with E-state index in [1.54, 1.807) is 0 Å². The highest BCUT2D eigenvalue weighted by atomic mass is 15.3. The molecule has 1 saturated carbocycles. The van der Waals surface area contributed by atoms with Crippen LogP contribution >= 0.6 is 0 Å². The van der Waals surface area contributed by atoms with Crippen molar-refractivity contribution in [3.05, 3.63) is 0 Å². The van der Waals surface area contributed by atoms with Crippen LogP contribution in [-0.2, 0) is 0 Å². The third-order valence-corrected chi connectivity index (χ3v) is 4.95. The minimum absolute atomic E-state index is 0.536. The summed E-state index contributed by atoms with van der Waals surface area (Å²) in [5, 5.41) is 0. The van der Waals surface area contributed by atoms with Crippen molar-refractivity contribution >= 4 is 5.96 Å². The van der Waals surface area contributed by atoms with E-state index in [2.05, 4.69) is 42.6 Å². The molecule has 20 heavy (non-hydrogen) atoms. The normalized spacial score (nSPS) is 24.1. The van der Waals surface area contributed by atoms with E-state index in [9.17, 15) is 0 Å². The zero-order valence-electron chi connectivity index (χ0n) is 13.7. The van der Waals surface area contributed by atoms with E-state index in [1.165, 1.54) is 38.8 Å². The number of rotatable bonds is 5. The van der Waals surface area contributed by atoms with Crippen LogP contribution in [0.2, 0.25) is 0 Å². The quantitative estimate of drug-likeness (QED) is 0.620. The number of piperidine rings is 1. The van der Waals surface area contributed by atoms with Gasteiger partial charge in [0.15, 0.2) is 5.96 Å². The van der Waals surface area contributed by atoms with Crippen molar-refractivity contribution in [3.8, 4) is 0 Å². The van der Waals surface area contributed by atoms with Crippen molar-refractivity contribution in [2.45, 2.75) is 58.5 Å². The summed E-state index contributed by atoms with van der Waals surface area (Å²) in [6.07, 6.45) is 5.18. The lowest BCUT2D eigenvalue weighted by atomic mass is 9.94. The van der Waals surface area contributed by atoms with Gasteiger partial charge in [-0.1, -0.05) is 20.8 Å². The Balaban J connectivity index is 1.90.